The number of aryl methyl sites for hydroxylation is 1. The molecule has 104 valence electrons. The van der Waals surface area contributed by atoms with Crippen LogP contribution in [0.2, 0.25) is 0 Å². The minimum absolute atomic E-state index is 0.262. The van der Waals surface area contributed by atoms with E-state index in [-0.39, 0.29) is 6.04 Å². The van der Waals surface area contributed by atoms with Gasteiger partial charge in [-0.3, -0.25) is 0 Å². The molecule has 0 saturated carbocycles. The first-order valence-corrected chi connectivity index (χ1v) is 8.62. The van der Waals surface area contributed by atoms with Gasteiger partial charge in [-0.1, -0.05) is 20.8 Å². The number of hydrogen-bond acceptors (Lipinski definition) is 4. The predicted molar refractivity (Wildman–Crippen MR) is 85.4 cm³/mol. The van der Waals surface area contributed by atoms with E-state index in [0.717, 1.165) is 13.0 Å². The van der Waals surface area contributed by atoms with Gasteiger partial charge in [-0.05, 0) is 42.8 Å². The van der Waals surface area contributed by atoms with Crippen LogP contribution >= 0.6 is 22.7 Å². The zero-order valence-corrected chi connectivity index (χ0v) is 13.7. The summed E-state index contributed by atoms with van der Waals surface area (Å²) in [7, 11) is 0. The lowest BCUT2D eigenvalue weighted by atomic mass is 10.1. The highest BCUT2D eigenvalue weighted by molar-refractivity contribution is 7.11. The van der Waals surface area contributed by atoms with Gasteiger partial charge in [0.15, 0.2) is 0 Å². The topological polar surface area (TPSA) is 24.9 Å². The number of nitrogens with zero attached hydrogens (tertiary/aromatic N) is 1. The van der Waals surface area contributed by atoms with Gasteiger partial charge in [-0.25, -0.2) is 4.98 Å². The Morgan fingerprint density at radius 1 is 1.32 bits per heavy atom. The molecule has 1 atom stereocenters. The van der Waals surface area contributed by atoms with Crippen molar-refractivity contribution in [1.82, 2.24) is 10.3 Å². The van der Waals surface area contributed by atoms with Crippen LogP contribution < -0.4 is 5.32 Å². The fraction of sp³-hybridized carbons (Fsp3) is 0.533. The van der Waals surface area contributed by atoms with Gasteiger partial charge in [-0.15, -0.1) is 22.7 Å². The van der Waals surface area contributed by atoms with Crippen LogP contribution in [0.15, 0.2) is 16.8 Å². The Labute approximate surface area is 123 Å². The smallest absolute Gasteiger partial charge is 0.115 e. The van der Waals surface area contributed by atoms with Crippen molar-refractivity contribution in [2.75, 3.05) is 6.54 Å². The summed E-state index contributed by atoms with van der Waals surface area (Å²) in [6.07, 6.45) is 1.14. The molecule has 2 nitrogen and oxygen atoms in total. The highest BCUT2D eigenvalue weighted by atomic mass is 32.1. The second-order valence-electron chi connectivity index (χ2n) is 5.12. The summed E-state index contributed by atoms with van der Waals surface area (Å²) in [5.74, 6) is 0.501. The molecule has 0 aliphatic heterocycles. The van der Waals surface area contributed by atoms with Crippen molar-refractivity contribution in [3.8, 4) is 0 Å². The maximum Gasteiger partial charge on any atom is 0.115 e. The van der Waals surface area contributed by atoms with Gasteiger partial charge in [-0.2, -0.15) is 0 Å². The quantitative estimate of drug-likeness (QED) is 0.833. The lowest BCUT2D eigenvalue weighted by molar-refractivity contribution is 0.598. The standard InChI is InChI=1S/C15H22N2S2/c1-5-7-16-13(14-11(4)6-8-18-14)15-17-12(9-19-15)10(2)3/h6,8-10,13,16H,5,7H2,1-4H3. The molecule has 0 spiro atoms. The summed E-state index contributed by atoms with van der Waals surface area (Å²) >= 11 is 3.60. The van der Waals surface area contributed by atoms with Crippen molar-refractivity contribution >= 4 is 22.7 Å². The van der Waals surface area contributed by atoms with E-state index >= 15 is 0 Å². The van der Waals surface area contributed by atoms with Crippen molar-refractivity contribution in [3.63, 3.8) is 0 Å². The largest absolute Gasteiger partial charge is 0.304 e. The average molecular weight is 294 g/mol. The number of thiazole rings is 1. The highest BCUT2D eigenvalue weighted by Crippen LogP contribution is 2.32. The minimum atomic E-state index is 0.262. The molecule has 0 saturated heterocycles. The average Bonchev–Trinajstić information content (AvgIpc) is 3.00. The summed E-state index contributed by atoms with van der Waals surface area (Å²) in [6, 6.07) is 2.45. The first kappa shape index (κ1) is 14.7. The third kappa shape index (κ3) is 3.44. The summed E-state index contributed by atoms with van der Waals surface area (Å²) in [4.78, 5) is 6.22. The second kappa shape index (κ2) is 6.64. The summed E-state index contributed by atoms with van der Waals surface area (Å²) in [5.41, 5.74) is 2.57. The molecule has 0 aliphatic carbocycles. The number of thiophene rings is 1. The SMILES string of the molecule is CCCNC(c1nc(C(C)C)cs1)c1sccc1C. The van der Waals surface area contributed by atoms with E-state index in [4.69, 9.17) is 4.98 Å². The summed E-state index contributed by atoms with van der Waals surface area (Å²) < 4.78 is 0. The molecule has 2 aromatic heterocycles. The zero-order valence-electron chi connectivity index (χ0n) is 12.1. The Morgan fingerprint density at radius 2 is 2.11 bits per heavy atom. The minimum Gasteiger partial charge on any atom is -0.304 e. The maximum absolute atomic E-state index is 4.82. The monoisotopic (exact) mass is 294 g/mol. The van der Waals surface area contributed by atoms with E-state index in [1.54, 1.807) is 11.3 Å². The van der Waals surface area contributed by atoms with E-state index in [1.807, 2.05) is 11.3 Å². The number of hydrogen-bond donors (Lipinski definition) is 1. The molecule has 0 aliphatic rings. The lowest BCUT2D eigenvalue weighted by Gasteiger charge is -2.16. The van der Waals surface area contributed by atoms with E-state index < -0.39 is 0 Å². The van der Waals surface area contributed by atoms with Crippen LogP contribution in [0.5, 0.6) is 0 Å². The van der Waals surface area contributed by atoms with Crippen molar-refractivity contribution in [2.24, 2.45) is 0 Å². The molecule has 19 heavy (non-hydrogen) atoms. The Balaban J connectivity index is 2.29. The maximum atomic E-state index is 4.82. The van der Waals surface area contributed by atoms with Crippen molar-refractivity contribution in [3.05, 3.63) is 38.0 Å². The molecular weight excluding hydrogens is 272 g/mol. The molecule has 1 N–H and O–H groups in total. The summed E-state index contributed by atoms with van der Waals surface area (Å²) in [5, 5.41) is 9.20. The summed E-state index contributed by atoms with van der Waals surface area (Å²) in [6.45, 7) is 9.81. The Kier molecular flexibility index (Phi) is 5.13. The first-order chi connectivity index (χ1) is 9.13. The van der Waals surface area contributed by atoms with E-state index in [2.05, 4.69) is 49.8 Å². The van der Waals surface area contributed by atoms with Crippen LogP contribution in [-0.4, -0.2) is 11.5 Å². The van der Waals surface area contributed by atoms with E-state index in [1.165, 1.54) is 21.1 Å². The molecule has 0 aromatic carbocycles. The predicted octanol–water partition coefficient (Wildman–Crippen LogP) is 4.73. The fourth-order valence-electron chi connectivity index (χ4n) is 1.96. The van der Waals surface area contributed by atoms with Crippen LogP contribution in [0.25, 0.3) is 0 Å². The Morgan fingerprint density at radius 3 is 2.63 bits per heavy atom. The molecule has 2 aromatic rings. The molecular formula is C15H22N2S2. The molecule has 0 radical (unpaired) electrons. The highest BCUT2D eigenvalue weighted by Gasteiger charge is 2.20. The van der Waals surface area contributed by atoms with E-state index in [0.29, 0.717) is 5.92 Å². The van der Waals surface area contributed by atoms with Gasteiger partial charge in [0.1, 0.15) is 5.01 Å². The fourth-order valence-corrected chi connectivity index (χ4v) is 4.10. The molecule has 0 amide bonds. The van der Waals surface area contributed by atoms with Crippen molar-refractivity contribution < 1.29 is 0 Å². The van der Waals surface area contributed by atoms with Gasteiger partial charge in [0.05, 0.1) is 11.7 Å². The molecule has 0 bridgehead atoms. The Bertz CT molecular complexity index is 514. The van der Waals surface area contributed by atoms with Crippen LogP contribution in [0.4, 0.5) is 0 Å². The number of aromatic nitrogens is 1. The Hall–Kier alpha value is -0.710. The molecule has 2 rings (SSSR count). The zero-order chi connectivity index (χ0) is 13.8. The van der Waals surface area contributed by atoms with Gasteiger partial charge >= 0.3 is 0 Å². The van der Waals surface area contributed by atoms with Gasteiger partial charge < -0.3 is 5.32 Å². The third-order valence-electron chi connectivity index (χ3n) is 3.14. The van der Waals surface area contributed by atoms with Crippen LogP contribution in [0.3, 0.4) is 0 Å². The van der Waals surface area contributed by atoms with Crippen LogP contribution in [0.1, 0.15) is 60.3 Å². The normalized spacial score (nSPS) is 13.1. The van der Waals surface area contributed by atoms with Crippen LogP contribution in [0, 0.1) is 6.92 Å². The number of nitrogens with one attached hydrogen (secondary N) is 1. The van der Waals surface area contributed by atoms with Gasteiger partial charge in [0.2, 0.25) is 0 Å². The van der Waals surface area contributed by atoms with Crippen LogP contribution in [-0.2, 0) is 0 Å². The third-order valence-corrected chi connectivity index (χ3v) is 5.15. The first-order valence-electron chi connectivity index (χ1n) is 6.86. The molecule has 1 unspecified atom stereocenters. The molecule has 4 heteroatoms. The second-order valence-corrected chi connectivity index (χ2v) is 6.96. The van der Waals surface area contributed by atoms with E-state index in [9.17, 15) is 0 Å². The molecule has 2 heterocycles. The van der Waals surface area contributed by atoms with Crippen molar-refractivity contribution in [2.45, 2.75) is 46.1 Å². The van der Waals surface area contributed by atoms with Crippen molar-refractivity contribution in [1.29, 1.82) is 0 Å². The van der Waals surface area contributed by atoms with Gasteiger partial charge in [0, 0.05) is 10.3 Å². The lowest BCUT2D eigenvalue weighted by Crippen LogP contribution is -2.23. The molecule has 0 fully saturated rings. The number of rotatable bonds is 6. The van der Waals surface area contributed by atoms with Gasteiger partial charge in [0.25, 0.3) is 0 Å².